The van der Waals surface area contributed by atoms with E-state index in [9.17, 15) is 0 Å². The van der Waals surface area contributed by atoms with Crippen LogP contribution >= 0.6 is 0 Å². The van der Waals surface area contributed by atoms with E-state index in [2.05, 4.69) is 5.32 Å². The molecule has 0 amide bonds. The highest BCUT2D eigenvalue weighted by molar-refractivity contribution is 5.63. The molecule has 0 spiro atoms. The zero-order chi connectivity index (χ0) is 17.4. The number of rotatable bonds is 8. The van der Waals surface area contributed by atoms with Gasteiger partial charge in [-0.15, -0.1) is 0 Å². The van der Waals surface area contributed by atoms with Crippen molar-refractivity contribution in [3.8, 4) is 5.75 Å². The lowest BCUT2D eigenvalue weighted by molar-refractivity contribution is 0.288. The van der Waals surface area contributed by atoms with Crippen molar-refractivity contribution in [1.29, 1.82) is 0 Å². The third-order valence-electron chi connectivity index (χ3n) is 3.47. The van der Waals surface area contributed by atoms with Gasteiger partial charge < -0.3 is 20.9 Å². The molecule has 6 heteroatoms. The maximum Gasteiger partial charge on any atom is 0.119 e. The van der Waals surface area contributed by atoms with Gasteiger partial charge in [0.2, 0.25) is 0 Å². The van der Waals surface area contributed by atoms with E-state index in [-0.39, 0.29) is 6.61 Å². The average Bonchev–Trinajstić information content (AvgIpc) is 2.61. The molecule has 128 valence electrons. The van der Waals surface area contributed by atoms with Gasteiger partial charge in [-0.25, -0.2) is 5.84 Å². The Morgan fingerprint density at radius 1 is 1.12 bits per heavy atom. The highest BCUT2D eigenvalue weighted by Crippen LogP contribution is 2.22. The molecule has 0 aromatic heterocycles. The van der Waals surface area contributed by atoms with Crippen LogP contribution in [0.4, 0.5) is 17.1 Å². The minimum Gasteiger partial charge on any atom is -0.497 e. The van der Waals surface area contributed by atoms with Gasteiger partial charge >= 0.3 is 0 Å². The van der Waals surface area contributed by atoms with Crippen LogP contribution in [0.15, 0.2) is 60.4 Å². The summed E-state index contributed by atoms with van der Waals surface area (Å²) < 4.78 is 5.14. The predicted octanol–water partition coefficient (Wildman–Crippen LogP) is 2.69. The Kier molecular flexibility index (Phi) is 6.48. The minimum absolute atomic E-state index is 0.116. The molecule has 0 atom stereocenters. The average molecular weight is 328 g/mol. The molecule has 2 aromatic carbocycles. The number of methoxy groups -OCH3 is 1. The summed E-state index contributed by atoms with van der Waals surface area (Å²) in [5.74, 6) is 6.80. The third kappa shape index (κ3) is 5.19. The summed E-state index contributed by atoms with van der Waals surface area (Å²) in [6.07, 6.45) is 2.91. The van der Waals surface area contributed by atoms with Crippen molar-refractivity contribution < 1.29 is 9.84 Å². The standard InChI is InChI=1S/C18H24N4O2/c1-24-18-10-6-16(7-11-18)21-15-4-8-17(9-5-15)22(20)13-14(19)3-2-12-23/h4-11,13,21,23H,2-3,12,19-20H2,1H3/b14-13-. The van der Waals surface area contributed by atoms with E-state index in [4.69, 9.17) is 21.4 Å². The summed E-state index contributed by atoms with van der Waals surface area (Å²) >= 11 is 0. The van der Waals surface area contributed by atoms with Crippen LogP contribution in [0.2, 0.25) is 0 Å². The Morgan fingerprint density at radius 3 is 2.25 bits per heavy atom. The molecule has 0 aliphatic carbocycles. The number of anilines is 3. The van der Waals surface area contributed by atoms with E-state index >= 15 is 0 Å². The smallest absolute Gasteiger partial charge is 0.119 e. The van der Waals surface area contributed by atoms with Crippen LogP contribution in [0, 0.1) is 0 Å². The first-order valence-corrected chi connectivity index (χ1v) is 7.74. The number of hydrazine groups is 1. The second kappa shape index (κ2) is 8.81. The maximum absolute atomic E-state index is 8.81. The fourth-order valence-electron chi connectivity index (χ4n) is 2.16. The van der Waals surface area contributed by atoms with Gasteiger partial charge in [0.05, 0.1) is 12.8 Å². The van der Waals surface area contributed by atoms with Crippen LogP contribution in [0.5, 0.6) is 5.75 Å². The Hall–Kier alpha value is -2.70. The van der Waals surface area contributed by atoms with Gasteiger partial charge in [0.1, 0.15) is 5.75 Å². The number of nitrogens with zero attached hydrogens (tertiary/aromatic N) is 1. The molecule has 0 fully saturated rings. The number of nitrogens with two attached hydrogens (primary N) is 2. The van der Waals surface area contributed by atoms with Crippen LogP contribution < -0.4 is 26.6 Å². The lowest BCUT2D eigenvalue weighted by atomic mass is 10.2. The Morgan fingerprint density at radius 2 is 1.71 bits per heavy atom. The van der Waals surface area contributed by atoms with Crippen molar-refractivity contribution in [2.75, 3.05) is 24.0 Å². The molecule has 6 nitrogen and oxygen atoms in total. The van der Waals surface area contributed by atoms with Crippen LogP contribution in [0.3, 0.4) is 0 Å². The zero-order valence-corrected chi connectivity index (χ0v) is 13.8. The van der Waals surface area contributed by atoms with Crippen molar-refractivity contribution in [3.63, 3.8) is 0 Å². The first kappa shape index (κ1) is 17.7. The lowest BCUT2D eigenvalue weighted by Crippen LogP contribution is -2.25. The lowest BCUT2D eigenvalue weighted by Gasteiger charge is -2.16. The summed E-state index contributed by atoms with van der Waals surface area (Å²) in [4.78, 5) is 0. The van der Waals surface area contributed by atoms with Gasteiger partial charge in [0, 0.05) is 29.9 Å². The van der Waals surface area contributed by atoms with Gasteiger partial charge in [-0.3, -0.25) is 5.01 Å². The number of hydrogen-bond donors (Lipinski definition) is 4. The fourth-order valence-corrected chi connectivity index (χ4v) is 2.16. The normalized spacial score (nSPS) is 11.2. The largest absolute Gasteiger partial charge is 0.497 e. The molecule has 0 radical (unpaired) electrons. The van der Waals surface area contributed by atoms with E-state index in [0.29, 0.717) is 18.5 Å². The highest BCUT2D eigenvalue weighted by Gasteiger charge is 2.01. The molecular formula is C18H24N4O2. The monoisotopic (exact) mass is 328 g/mol. The van der Waals surface area contributed by atoms with Gasteiger partial charge in [0.25, 0.3) is 0 Å². The number of ether oxygens (including phenoxy) is 1. The number of aliphatic hydroxyl groups excluding tert-OH is 1. The van der Waals surface area contributed by atoms with E-state index in [1.165, 1.54) is 5.01 Å². The molecule has 2 aromatic rings. The van der Waals surface area contributed by atoms with Crippen LogP contribution in [0.1, 0.15) is 12.8 Å². The first-order chi connectivity index (χ1) is 11.6. The van der Waals surface area contributed by atoms with Gasteiger partial charge in [-0.2, -0.15) is 0 Å². The summed E-state index contributed by atoms with van der Waals surface area (Å²) in [5.41, 5.74) is 9.24. The molecule has 0 unspecified atom stereocenters. The van der Waals surface area contributed by atoms with Crippen LogP contribution in [-0.2, 0) is 0 Å². The van der Waals surface area contributed by atoms with Crippen molar-refractivity contribution in [2.45, 2.75) is 12.8 Å². The Labute approximate surface area is 142 Å². The Balaban J connectivity index is 1.98. The number of hydrogen-bond acceptors (Lipinski definition) is 6. The van der Waals surface area contributed by atoms with E-state index < -0.39 is 0 Å². The van der Waals surface area contributed by atoms with E-state index in [0.717, 1.165) is 22.8 Å². The minimum atomic E-state index is 0.116. The summed E-state index contributed by atoms with van der Waals surface area (Å²) in [7, 11) is 1.64. The molecule has 0 aliphatic heterocycles. The molecule has 0 heterocycles. The van der Waals surface area contributed by atoms with E-state index in [1.54, 1.807) is 13.3 Å². The van der Waals surface area contributed by atoms with Gasteiger partial charge in [-0.1, -0.05) is 0 Å². The highest BCUT2D eigenvalue weighted by atomic mass is 16.5. The molecule has 24 heavy (non-hydrogen) atoms. The molecular weight excluding hydrogens is 304 g/mol. The van der Waals surface area contributed by atoms with Crippen molar-refractivity contribution in [3.05, 3.63) is 60.4 Å². The summed E-state index contributed by atoms with van der Waals surface area (Å²) in [6, 6.07) is 15.4. The zero-order valence-electron chi connectivity index (χ0n) is 13.8. The first-order valence-electron chi connectivity index (χ1n) is 7.74. The van der Waals surface area contributed by atoms with Gasteiger partial charge in [-0.05, 0) is 61.4 Å². The van der Waals surface area contributed by atoms with Gasteiger partial charge in [0.15, 0.2) is 0 Å². The van der Waals surface area contributed by atoms with Crippen molar-refractivity contribution in [1.82, 2.24) is 0 Å². The van der Waals surface area contributed by atoms with Crippen LogP contribution in [-0.4, -0.2) is 18.8 Å². The molecule has 0 saturated carbocycles. The second-order valence-corrected chi connectivity index (χ2v) is 5.34. The predicted molar refractivity (Wildman–Crippen MR) is 98.0 cm³/mol. The quantitative estimate of drug-likeness (QED) is 0.439. The number of nitrogens with one attached hydrogen (secondary N) is 1. The topological polar surface area (TPSA) is 96.8 Å². The number of allylic oxidation sites excluding steroid dienone is 1. The SMILES string of the molecule is COc1ccc(Nc2ccc(N(N)/C=C(\N)CCCO)cc2)cc1. The fraction of sp³-hybridized carbons (Fsp3) is 0.222. The Bertz CT molecular complexity index is 654. The third-order valence-corrected chi connectivity index (χ3v) is 3.47. The van der Waals surface area contributed by atoms with Crippen molar-refractivity contribution >= 4 is 17.1 Å². The van der Waals surface area contributed by atoms with Crippen molar-refractivity contribution in [2.24, 2.45) is 11.6 Å². The van der Waals surface area contributed by atoms with E-state index in [1.807, 2.05) is 48.5 Å². The number of aliphatic hydroxyl groups is 1. The molecule has 6 N–H and O–H groups in total. The second-order valence-electron chi connectivity index (χ2n) is 5.34. The molecule has 0 aliphatic rings. The molecule has 0 bridgehead atoms. The summed E-state index contributed by atoms with van der Waals surface area (Å²) in [5, 5.41) is 13.6. The molecule has 0 saturated heterocycles. The molecule has 2 rings (SSSR count). The number of benzene rings is 2. The van der Waals surface area contributed by atoms with Crippen LogP contribution in [0.25, 0.3) is 0 Å². The summed E-state index contributed by atoms with van der Waals surface area (Å²) in [6.45, 7) is 0.116. The maximum atomic E-state index is 8.81.